The molecule has 5 heavy (non-hydrogen) atoms. The Morgan fingerprint density at radius 3 is 2.80 bits per heavy atom. The minimum absolute atomic E-state index is 1.22. The Hall–Kier alpha value is 1.13. The molecule has 0 amide bonds. The van der Waals surface area contributed by atoms with Crippen LogP contribution in [0.15, 0.2) is 0 Å². The van der Waals surface area contributed by atoms with Crippen LogP contribution in [0.3, 0.4) is 0 Å². The van der Waals surface area contributed by atoms with Crippen molar-refractivity contribution in [3.8, 4) is 0 Å². The second-order valence-electron chi connectivity index (χ2n) is 0.624. The molecular formula is CH2S2Si2. The van der Waals surface area contributed by atoms with Gasteiger partial charge in [-0.3, -0.25) is 0 Å². The van der Waals surface area contributed by atoms with Gasteiger partial charge in [0.05, 0.1) is 9.04 Å². The highest BCUT2D eigenvalue weighted by atomic mass is 33.2. The zero-order valence-electron chi connectivity index (χ0n) is 2.52. The Morgan fingerprint density at radius 1 is 1.60 bits per heavy atom. The summed E-state index contributed by atoms with van der Waals surface area (Å²) in [5.74, 6) is 0. The third-order valence-corrected chi connectivity index (χ3v) is 10.5. The molecule has 0 aliphatic carbocycles. The summed E-state index contributed by atoms with van der Waals surface area (Å²) >= 11 is 0. The fraction of sp³-hybridized carbons (Fsp3) is 1.00. The summed E-state index contributed by atoms with van der Waals surface area (Å²) in [6.07, 6.45) is 0. The first-order chi connectivity index (χ1) is 2.50. The largest absolute Gasteiger partial charge is 0.130 e. The Bertz CT molecular complexity index is 19.2. The second kappa shape index (κ2) is 2.33. The summed E-state index contributed by atoms with van der Waals surface area (Å²) in [6.45, 7) is 0. The first-order valence-corrected chi connectivity index (χ1v) is 7.51. The van der Waals surface area contributed by atoms with Crippen molar-refractivity contribution in [2.75, 3.05) is 5.38 Å². The van der Waals surface area contributed by atoms with Crippen LogP contribution in [0, 0.1) is 0 Å². The SMILES string of the molecule is C1[Si][Si]SS1. The first kappa shape index (κ1) is 4.30. The zero-order valence-corrected chi connectivity index (χ0v) is 6.16. The molecule has 0 unspecified atom stereocenters. The Balaban J connectivity index is 2.08. The molecule has 4 heteroatoms. The molecule has 0 saturated carbocycles. The summed E-state index contributed by atoms with van der Waals surface area (Å²) in [4.78, 5) is 0. The summed E-state index contributed by atoms with van der Waals surface area (Å²) in [6, 6.07) is 0. The monoisotopic (exact) mass is 134 g/mol. The predicted molar refractivity (Wildman–Crippen MR) is 31.6 cm³/mol. The lowest BCUT2D eigenvalue weighted by Crippen LogP contribution is -1.90. The van der Waals surface area contributed by atoms with Gasteiger partial charge in [-0.25, -0.2) is 0 Å². The highest BCUT2D eigenvalue weighted by molar-refractivity contribution is 8.88. The van der Waals surface area contributed by atoms with Gasteiger partial charge in [0.15, 0.2) is 0 Å². The van der Waals surface area contributed by atoms with Crippen LogP contribution in [-0.4, -0.2) is 22.6 Å². The molecule has 0 N–H and O–H groups in total. The van der Waals surface area contributed by atoms with Crippen molar-refractivity contribution in [1.82, 2.24) is 0 Å². The van der Waals surface area contributed by atoms with E-state index in [4.69, 9.17) is 0 Å². The maximum absolute atomic E-state index is 2.03. The van der Waals surface area contributed by atoms with Gasteiger partial charge in [0.2, 0.25) is 0 Å². The van der Waals surface area contributed by atoms with Crippen molar-refractivity contribution < 1.29 is 0 Å². The van der Waals surface area contributed by atoms with Crippen LogP contribution in [0.25, 0.3) is 0 Å². The minimum atomic E-state index is 1.22. The van der Waals surface area contributed by atoms with Gasteiger partial charge in [-0.1, -0.05) is 0 Å². The van der Waals surface area contributed by atoms with Gasteiger partial charge >= 0.3 is 0 Å². The van der Waals surface area contributed by atoms with Gasteiger partial charge in [0, 0.05) is 0 Å². The molecule has 1 aliphatic heterocycles. The van der Waals surface area contributed by atoms with E-state index < -0.39 is 0 Å². The molecule has 1 rings (SSSR count). The summed E-state index contributed by atoms with van der Waals surface area (Å²) in [5, 5.41) is 1.42. The van der Waals surface area contributed by atoms with Gasteiger partial charge in [0.25, 0.3) is 0 Å². The van der Waals surface area contributed by atoms with Crippen LogP contribution < -0.4 is 0 Å². The summed E-state index contributed by atoms with van der Waals surface area (Å²) in [5.41, 5.74) is 0. The smallest absolute Gasteiger partial charge is 0.121 e. The molecule has 0 nitrogen and oxygen atoms in total. The van der Waals surface area contributed by atoms with E-state index in [0.29, 0.717) is 0 Å². The third kappa shape index (κ3) is 1.34. The van der Waals surface area contributed by atoms with Crippen LogP contribution in [0.5, 0.6) is 0 Å². The molecule has 1 heterocycles. The lowest BCUT2D eigenvalue weighted by Gasteiger charge is -1.69. The van der Waals surface area contributed by atoms with Gasteiger partial charge < -0.3 is 0 Å². The average Bonchev–Trinajstić information content (AvgIpc) is 1.76. The summed E-state index contributed by atoms with van der Waals surface area (Å²) in [7, 11) is 6.52. The van der Waals surface area contributed by atoms with E-state index in [-0.39, 0.29) is 0 Å². The van der Waals surface area contributed by atoms with Crippen molar-refractivity contribution >= 4 is 38.3 Å². The molecule has 1 saturated heterocycles. The van der Waals surface area contributed by atoms with Crippen molar-refractivity contribution in [1.29, 1.82) is 0 Å². The molecule has 1 fully saturated rings. The topological polar surface area (TPSA) is 0 Å². The molecular weight excluding hydrogens is 132 g/mol. The van der Waals surface area contributed by atoms with Gasteiger partial charge in [-0.15, -0.1) is 21.0 Å². The lowest BCUT2D eigenvalue weighted by atomic mass is 11.9. The molecule has 0 atom stereocenters. The minimum Gasteiger partial charge on any atom is -0.130 e. The van der Waals surface area contributed by atoms with Crippen LogP contribution in [0.4, 0.5) is 0 Å². The number of hydrogen-bond donors (Lipinski definition) is 0. The van der Waals surface area contributed by atoms with Crippen molar-refractivity contribution in [3.05, 3.63) is 0 Å². The van der Waals surface area contributed by atoms with Gasteiger partial charge in [0.1, 0.15) is 8.19 Å². The van der Waals surface area contributed by atoms with E-state index in [1.165, 1.54) is 22.6 Å². The molecule has 0 aromatic carbocycles. The predicted octanol–water partition coefficient (Wildman–Crippen LogP) is 0.577. The number of hydrogen-bond acceptors (Lipinski definition) is 2. The number of rotatable bonds is 0. The average molecular weight is 134 g/mol. The van der Waals surface area contributed by atoms with E-state index in [1.54, 1.807) is 0 Å². The molecule has 1 aliphatic rings. The lowest BCUT2D eigenvalue weighted by molar-refractivity contribution is 2.25. The Morgan fingerprint density at radius 2 is 2.60 bits per heavy atom. The molecule has 0 aromatic rings. The molecule has 26 valence electrons. The summed E-state index contributed by atoms with van der Waals surface area (Å²) < 4.78 is 0. The zero-order chi connectivity index (χ0) is 3.54. The highest BCUT2D eigenvalue weighted by Crippen LogP contribution is 2.22. The van der Waals surface area contributed by atoms with Crippen LogP contribution in [0.1, 0.15) is 0 Å². The van der Waals surface area contributed by atoms with Crippen molar-refractivity contribution in [2.45, 2.75) is 0 Å². The van der Waals surface area contributed by atoms with Crippen molar-refractivity contribution in [2.24, 2.45) is 0 Å². The van der Waals surface area contributed by atoms with Crippen LogP contribution in [0.2, 0.25) is 0 Å². The van der Waals surface area contributed by atoms with E-state index in [9.17, 15) is 0 Å². The second-order valence-corrected chi connectivity index (χ2v) is 8.96. The quantitative estimate of drug-likeness (QED) is 0.351. The molecule has 0 aromatic heterocycles. The van der Waals surface area contributed by atoms with Gasteiger partial charge in [-0.2, -0.15) is 0 Å². The Labute approximate surface area is 44.0 Å². The van der Waals surface area contributed by atoms with Gasteiger partial charge in [-0.05, 0) is 5.38 Å². The normalized spacial score (nSPS) is 24.0. The van der Waals surface area contributed by atoms with E-state index in [0.717, 1.165) is 0 Å². The Kier molecular flexibility index (Phi) is 2.00. The van der Waals surface area contributed by atoms with Crippen LogP contribution >= 0.6 is 21.0 Å². The van der Waals surface area contributed by atoms with Crippen molar-refractivity contribution in [3.63, 3.8) is 0 Å². The van der Waals surface area contributed by atoms with E-state index in [2.05, 4.69) is 0 Å². The third-order valence-electron chi connectivity index (χ3n) is 0.304. The highest BCUT2D eigenvalue weighted by Gasteiger charge is 1.99. The molecule has 4 radical (unpaired) electrons. The van der Waals surface area contributed by atoms with E-state index in [1.807, 2.05) is 21.0 Å². The fourth-order valence-electron chi connectivity index (χ4n) is 0.147. The maximum atomic E-state index is 2.03. The molecule has 0 spiro atoms. The first-order valence-electron chi connectivity index (χ1n) is 1.26. The molecule has 0 bridgehead atoms. The fourth-order valence-corrected chi connectivity index (χ4v) is 11.9. The van der Waals surface area contributed by atoms with Crippen LogP contribution in [-0.2, 0) is 0 Å². The maximum Gasteiger partial charge on any atom is 0.121 e. The van der Waals surface area contributed by atoms with E-state index >= 15 is 0 Å². The standard InChI is InChI=1S/CH2S2Si2/c1-2-3-5-4-1/h1H2.